The smallest absolute Gasteiger partial charge is 0.339 e. The summed E-state index contributed by atoms with van der Waals surface area (Å²) in [5, 5.41) is 9.66. The van der Waals surface area contributed by atoms with E-state index in [2.05, 4.69) is 20.8 Å². The SMILES string of the molecule is CCCCCCCCCC(CCCCCCCC)(CCCCCCCC)OC(=O)c1ccccc1C(=O)O. The first-order valence-corrected chi connectivity index (χ1v) is 16.0. The molecule has 1 N–H and O–H groups in total. The molecule has 218 valence electrons. The topological polar surface area (TPSA) is 63.6 Å². The van der Waals surface area contributed by atoms with E-state index in [1.807, 2.05) is 0 Å². The predicted octanol–water partition coefficient (Wildman–Crippen LogP) is 10.9. The summed E-state index contributed by atoms with van der Waals surface area (Å²) in [6.45, 7) is 6.72. The van der Waals surface area contributed by atoms with Gasteiger partial charge in [0, 0.05) is 0 Å². The quantitative estimate of drug-likeness (QED) is 0.101. The standard InChI is InChI=1S/C34H58O4/c1-4-7-10-13-16-19-24-29-34(27-22-17-14-11-8-5-2,28-23-18-15-12-9-6-3)38-33(37)31-26-21-20-25-30(31)32(35)36/h20-21,25-26H,4-19,22-24,27-29H2,1-3H3,(H,35,36). The summed E-state index contributed by atoms with van der Waals surface area (Å²) in [7, 11) is 0. The first kappa shape index (κ1) is 34.2. The van der Waals surface area contributed by atoms with Gasteiger partial charge in [0.2, 0.25) is 0 Å². The van der Waals surface area contributed by atoms with Gasteiger partial charge in [-0.2, -0.15) is 0 Å². The zero-order valence-electron chi connectivity index (χ0n) is 25.0. The van der Waals surface area contributed by atoms with Gasteiger partial charge in [-0.05, 0) is 50.7 Å². The summed E-state index contributed by atoms with van der Waals surface area (Å²) in [6, 6.07) is 6.49. The van der Waals surface area contributed by atoms with Crippen molar-refractivity contribution in [2.75, 3.05) is 0 Å². The summed E-state index contributed by atoms with van der Waals surface area (Å²) in [5.74, 6) is -1.55. The van der Waals surface area contributed by atoms with Crippen LogP contribution in [0.2, 0.25) is 0 Å². The van der Waals surface area contributed by atoms with Gasteiger partial charge < -0.3 is 9.84 Å². The number of unbranched alkanes of at least 4 members (excludes halogenated alkanes) is 16. The predicted molar refractivity (Wildman–Crippen MR) is 160 cm³/mol. The highest BCUT2D eigenvalue weighted by molar-refractivity contribution is 6.02. The lowest BCUT2D eigenvalue weighted by Crippen LogP contribution is -2.36. The maximum absolute atomic E-state index is 13.5. The molecule has 1 rings (SSSR count). The number of carbonyl (C=O) groups excluding carboxylic acids is 1. The highest BCUT2D eigenvalue weighted by Crippen LogP contribution is 2.34. The van der Waals surface area contributed by atoms with Crippen molar-refractivity contribution in [2.45, 2.75) is 168 Å². The Bertz CT molecular complexity index is 726. The number of benzene rings is 1. The van der Waals surface area contributed by atoms with Gasteiger partial charge in [0.25, 0.3) is 0 Å². The van der Waals surface area contributed by atoms with Gasteiger partial charge in [-0.25, -0.2) is 9.59 Å². The molecule has 0 spiro atoms. The maximum atomic E-state index is 13.5. The van der Waals surface area contributed by atoms with Crippen molar-refractivity contribution in [3.63, 3.8) is 0 Å². The van der Waals surface area contributed by atoms with Crippen LogP contribution in [0, 0.1) is 0 Å². The van der Waals surface area contributed by atoms with Crippen LogP contribution in [0.5, 0.6) is 0 Å². The largest absolute Gasteiger partial charge is 0.478 e. The highest BCUT2D eigenvalue weighted by atomic mass is 16.6. The molecule has 0 atom stereocenters. The number of carboxylic acid groups (broad SMARTS) is 1. The lowest BCUT2D eigenvalue weighted by Gasteiger charge is -2.34. The number of ether oxygens (including phenoxy) is 1. The van der Waals surface area contributed by atoms with E-state index in [0.717, 1.165) is 38.5 Å². The number of carboxylic acids is 1. The second kappa shape index (κ2) is 22.0. The Morgan fingerprint density at radius 2 is 0.921 bits per heavy atom. The summed E-state index contributed by atoms with van der Waals surface area (Å²) < 4.78 is 6.41. The van der Waals surface area contributed by atoms with Gasteiger partial charge in [-0.1, -0.05) is 136 Å². The minimum absolute atomic E-state index is 0.0291. The number of hydrogen-bond donors (Lipinski definition) is 1. The van der Waals surface area contributed by atoms with Crippen LogP contribution in [0.15, 0.2) is 24.3 Å². The average Bonchev–Trinajstić information content (AvgIpc) is 2.92. The van der Waals surface area contributed by atoms with Crippen molar-refractivity contribution >= 4 is 11.9 Å². The molecule has 1 aromatic rings. The molecule has 0 radical (unpaired) electrons. The molecule has 0 aliphatic carbocycles. The molecular weight excluding hydrogens is 472 g/mol. The summed E-state index contributed by atoms with van der Waals surface area (Å²) in [5.41, 5.74) is -0.293. The summed E-state index contributed by atoms with van der Waals surface area (Å²) >= 11 is 0. The molecule has 0 aliphatic rings. The molecule has 0 amide bonds. The third-order valence-electron chi connectivity index (χ3n) is 7.89. The van der Waals surface area contributed by atoms with Crippen LogP contribution in [0.1, 0.15) is 183 Å². The van der Waals surface area contributed by atoms with E-state index in [4.69, 9.17) is 4.74 Å². The van der Waals surface area contributed by atoms with Crippen molar-refractivity contribution in [2.24, 2.45) is 0 Å². The minimum atomic E-state index is -1.08. The monoisotopic (exact) mass is 530 g/mol. The molecule has 0 bridgehead atoms. The third-order valence-corrected chi connectivity index (χ3v) is 7.89. The van der Waals surface area contributed by atoms with Crippen molar-refractivity contribution in [3.05, 3.63) is 35.4 Å². The molecule has 0 aliphatic heterocycles. The van der Waals surface area contributed by atoms with Crippen LogP contribution in [0.3, 0.4) is 0 Å². The molecule has 0 heterocycles. The van der Waals surface area contributed by atoms with Crippen LogP contribution in [-0.2, 0) is 4.74 Å². The lowest BCUT2D eigenvalue weighted by molar-refractivity contribution is -0.0362. The lowest BCUT2D eigenvalue weighted by atomic mass is 9.84. The van der Waals surface area contributed by atoms with Crippen LogP contribution >= 0.6 is 0 Å². The zero-order chi connectivity index (χ0) is 27.9. The zero-order valence-corrected chi connectivity index (χ0v) is 25.0. The number of aromatic carboxylic acids is 1. The summed E-state index contributed by atoms with van der Waals surface area (Å²) in [6.07, 6.45) is 25.7. The van der Waals surface area contributed by atoms with E-state index in [1.165, 1.54) is 109 Å². The fourth-order valence-corrected chi connectivity index (χ4v) is 5.49. The number of esters is 1. The fraction of sp³-hybridized carbons (Fsp3) is 0.765. The Hall–Kier alpha value is -1.84. The Labute approximate surface area is 234 Å². The number of rotatable bonds is 25. The minimum Gasteiger partial charge on any atom is -0.478 e. The molecule has 0 aromatic heterocycles. The second-order valence-corrected chi connectivity index (χ2v) is 11.3. The first-order valence-electron chi connectivity index (χ1n) is 16.0. The van der Waals surface area contributed by atoms with Gasteiger partial charge in [0.1, 0.15) is 5.60 Å². The Kier molecular flexibility index (Phi) is 19.8. The Balaban J connectivity index is 2.98. The van der Waals surface area contributed by atoms with E-state index >= 15 is 0 Å². The highest BCUT2D eigenvalue weighted by Gasteiger charge is 2.34. The second-order valence-electron chi connectivity index (χ2n) is 11.3. The van der Waals surface area contributed by atoms with Gasteiger partial charge in [0.15, 0.2) is 0 Å². The van der Waals surface area contributed by atoms with Crippen molar-refractivity contribution < 1.29 is 19.4 Å². The van der Waals surface area contributed by atoms with Crippen molar-refractivity contribution in [1.29, 1.82) is 0 Å². The van der Waals surface area contributed by atoms with E-state index in [9.17, 15) is 14.7 Å². The molecule has 38 heavy (non-hydrogen) atoms. The molecule has 4 nitrogen and oxygen atoms in total. The Morgan fingerprint density at radius 1 is 0.579 bits per heavy atom. The molecule has 0 unspecified atom stereocenters. The molecule has 1 aromatic carbocycles. The molecule has 0 saturated heterocycles. The summed E-state index contributed by atoms with van der Waals surface area (Å²) in [4.78, 5) is 25.3. The molecule has 0 fully saturated rings. The fourth-order valence-electron chi connectivity index (χ4n) is 5.49. The first-order chi connectivity index (χ1) is 18.5. The van der Waals surface area contributed by atoms with Gasteiger partial charge in [0.05, 0.1) is 11.1 Å². The van der Waals surface area contributed by atoms with Crippen molar-refractivity contribution in [3.8, 4) is 0 Å². The molecule has 4 heteroatoms. The molecular formula is C34H58O4. The van der Waals surface area contributed by atoms with Gasteiger partial charge >= 0.3 is 11.9 Å². The van der Waals surface area contributed by atoms with Crippen LogP contribution in [0.25, 0.3) is 0 Å². The van der Waals surface area contributed by atoms with E-state index in [0.29, 0.717) is 0 Å². The normalized spacial score (nSPS) is 11.6. The average molecular weight is 531 g/mol. The van der Waals surface area contributed by atoms with Crippen LogP contribution in [0.4, 0.5) is 0 Å². The Morgan fingerprint density at radius 3 is 1.29 bits per heavy atom. The van der Waals surface area contributed by atoms with Crippen LogP contribution < -0.4 is 0 Å². The van der Waals surface area contributed by atoms with E-state index < -0.39 is 17.5 Å². The van der Waals surface area contributed by atoms with Crippen molar-refractivity contribution in [1.82, 2.24) is 0 Å². The maximum Gasteiger partial charge on any atom is 0.339 e. The molecule has 0 saturated carbocycles. The van der Waals surface area contributed by atoms with E-state index in [-0.39, 0.29) is 11.1 Å². The number of carbonyl (C=O) groups is 2. The van der Waals surface area contributed by atoms with E-state index in [1.54, 1.807) is 18.2 Å². The van der Waals surface area contributed by atoms with Gasteiger partial charge in [-0.15, -0.1) is 0 Å². The third kappa shape index (κ3) is 14.9. The van der Waals surface area contributed by atoms with Gasteiger partial charge in [-0.3, -0.25) is 0 Å². The van der Waals surface area contributed by atoms with Crippen LogP contribution in [-0.4, -0.2) is 22.6 Å². The number of hydrogen-bond acceptors (Lipinski definition) is 3.